The first-order valence-electron chi connectivity index (χ1n) is 8.43. The minimum atomic E-state index is -3.91. The molecular formula is C20H17N5O3S. The molecular weight excluding hydrogens is 390 g/mol. The Morgan fingerprint density at radius 2 is 1.52 bits per heavy atom. The maximum atomic E-state index is 12.6. The van der Waals surface area contributed by atoms with Crippen molar-refractivity contribution in [2.45, 2.75) is 4.90 Å². The van der Waals surface area contributed by atoms with Crippen molar-refractivity contribution in [1.29, 1.82) is 5.26 Å². The molecule has 0 radical (unpaired) electrons. The monoisotopic (exact) mass is 407 g/mol. The van der Waals surface area contributed by atoms with Crippen molar-refractivity contribution in [2.24, 2.45) is 0 Å². The smallest absolute Gasteiger partial charge is 0.323 e. The minimum absolute atomic E-state index is 0.0508. The minimum Gasteiger partial charge on any atom is -0.397 e. The predicted octanol–water partition coefficient (Wildman–Crippen LogP) is 3.59. The van der Waals surface area contributed by atoms with Crippen LogP contribution in [0.2, 0.25) is 0 Å². The molecule has 3 aromatic carbocycles. The van der Waals surface area contributed by atoms with Gasteiger partial charge in [-0.15, -0.1) is 0 Å². The van der Waals surface area contributed by atoms with Crippen LogP contribution in [-0.4, -0.2) is 14.4 Å². The largest absolute Gasteiger partial charge is 0.397 e. The number of carbonyl (C=O) groups is 1. The van der Waals surface area contributed by atoms with Gasteiger partial charge >= 0.3 is 6.03 Å². The van der Waals surface area contributed by atoms with Crippen molar-refractivity contribution in [1.82, 2.24) is 0 Å². The topological polar surface area (TPSA) is 137 Å². The summed E-state index contributed by atoms with van der Waals surface area (Å²) in [6.45, 7) is 0. The summed E-state index contributed by atoms with van der Waals surface area (Å²) >= 11 is 0. The van der Waals surface area contributed by atoms with Crippen molar-refractivity contribution in [3.8, 4) is 6.07 Å². The lowest BCUT2D eigenvalue weighted by molar-refractivity contribution is 0.262. The lowest BCUT2D eigenvalue weighted by atomic mass is 10.2. The van der Waals surface area contributed by atoms with Crippen molar-refractivity contribution < 1.29 is 13.2 Å². The summed E-state index contributed by atoms with van der Waals surface area (Å²) in [5.74, 6) is 0. The summed E-state index contributed by atoms with van der Waals surface area (Å²) < 4.78 is 27.7. The first kappa shape index (κ1) is 19.7. The summed E-state index contributed by atoms with van der Waals surface area (Å²) in [7, 11) is -3.91. The second-order valence-electron chi connectivity index (χ2n) is 5.96. The maximum absolute atomic E-state index is 12.6. The van der Waals surface area contributed by atoms with Crippen LogP contribution < -0.4 is 21.1 Å². The first-order chi connectivity index (χ1) is 13.9. The zero-order chi connectivity index (χ0) is 20.9. The molecule has 0 atom stereocenters. The number of hydrogen-bond donors (Lipinski definition) is 4. The molecule has 0 fully saturated rings. The summed E-state index contributed by atoms with van der Waals surface area (Å²) in [5.41, 5.74) is 7.06. The molecule has 8 nitrogen and oxygen atoms in total. The Balaban J connectivity index is 1.87. The molecule has 0 aromatic heterocycles. The first-order valence-corrected chi connectivity index (χ1v) is 9.92. The number of nitriles is 1. The van der Waals surface area contributed by atoms with Gasteiger partial charge in [0.2, 0.25) is 0 Å². The molecule has 0 heterocycles. The Hall–Kier alpha value is -4.03. The van der Waals surface area contributed by atoms with Gasteiger partial charge < -0.3 is 16.4 Å². The van der Waals surface area contributed by atoms with Crippen LogP contribution in [0.15, 0.2) is 77.7 Å². The molecule has 0 unspecified atom stereocenters. The number of anilines is 4. The number of nitrogens with zero attached hydrogens (tertiary/aromatic N) is 1. The van der Waals surface area contributed by atoms with Gasteiger partial charge in [-0.3, -0.25) is 4.72 Å². The van der Waals surface area contributed by atoms with Crippen LogP contribution in [0.4, 0.5) is 27.5 Å². The standard InChI is InChI=1S/C20H17N5O3S/c21-13-14-10-11-18(24-20(26)23-17-9-5-4-8-16(17)22)19(12-14)25-29(27,28)15-6-2-1-3-7-15/h1-12,25H,22H2,(H2,23,24,26). The molecule has 0 aliphatic carbocycles. The zero-order valence-electron chi connectivity index (χ0n) is 15.1. The summed E-state index contributed by atoms with van der Waals surface area (Å²) in [4.78, 5) is 12.4. The van der Waals surface area contributed by atoms with Gasteiger partial charge in [-0.05, 0) is 42.5 Å². The molecule has 3 aromatic rings. The van der Waals surface area contributed by atoms with Crippen molar-refractivity contribution in [3.63, 3.8) is 0 Å². The van der Waals surface area contributed by atoms with Gasteiger partial charge in [0.05, 0.1) is 39.3 Å². The Morgan fingerprint density at radius 3 is 2.21 bits per heavy atom. The quantitative estimate of drug-likeness (QED) is 0.479. The molecule has 0 aliphatic rings. The summed E-state index contributed by atoms with van der Waals surface area (Å²) in [6, 6.07) is 20.0. The lowest BCUT2D eigenvalue weighted by Gasteiger charge is -2.15. The zero-order valence-corrected chi connectivity index (χ0v) is 15.9. The fraction of sp³-hybridized carbons (Fsp3) is 0. The number of carbonyl (C=O) groups excluding carboxylic acids is 1. The van der Waals surface area contributed by atoms with E-state index in [1.807, 2.05) is 6.07 Å². The number of urea groups is 1. The van der Waals surface area contributed by atoms with E-state index >= 15 is 0 Å². The molecule has 29 heavy (non-hydrogen) atoms. The van der Waals surface area contributed by atoms with Crippen LogP contribution in [0, 0.1) is 11.3 Å². The molecule has 0 bridgehead atoms. The number of amides is 2. The SMILES string of the molecule is N#Cc1ccc(NC(=O)Nc2ccccc2N)c(NS(=O)(=O)c2ccccc2)c1. The second-order valence-corrected chi connectivity index (χ2v) is 7.64. The molecule has 9 heteroatoms. The second kappa shape index (κ2) is 8.33. The number of benzene rings is 3. The van der Waals surface area contributed by atoms with Crippen molar-refractivity contribution in [3.05, 3.63) is 78.4 Å². The third-order valence-electron chi connectivity index (χ3n) is 3.90. The van der Waals surface area contributed by atoms with E-state index in [0.717, 1.165) is 0 Å². The number of nitrogen functional groups attached to an aromatic ring is 1. The molecule has 146 valence electrons. The highest BCUT2D eigenvalue weighted by Gasteiger charge is 2.17. The van der Waals surface area contributed by atoms with Crippen LogP contribution in [0.3, 0.4) is 0 Å². The number of para-hydroxylation sites is 2. The van der Waals surface area contributed by atoms with Gasteiger partial charge in [0.15, 0.2) is 0 Å². The summed E-state index contributed by atoms with van der Waals surface area (Å²) in [5, 5.41) is 14.3. The third-order valence-corrected chi connectivity index (χ3v) is 5.29. The number of rotatable bonds is 5. The van der Waals surface area contributed by atoms with E-state index in [-0.39, 0.29) is 21.8 Å². The van der Waals surface area contributed by atoms with Gasteiger partial charge in [-0.2, -0.15) is 5.26 Å². The van der Waals surface area contributed by atoms with Crippen LogP contribution in [0.5, 0.6) is 0 Å². The van der Waals surface area contributed by atoms with E-state index in [9.17, 15) is 13.2 Å². The van der Waals surface area contributed by atoms with E-state index in [4.69, 9.17) is 11.0 Å². The number of nitrogens with two attached hydrogens (primary N) is 1. The Bertz CT molecular complexity index is 1190. The average molecular weight is 407 g/mol. The van der Waals surface area contributed by atoms with E-state index in [1.165, 1.54) is 30.3 Å². The molecule has 0 saturated heterocycles. The fourth-order valence-electron chi connectivity index (χ4n) is 2.50. The van der Waals surface area contributed by atoms with Crippen molar-refractivity contribution in [2.75, 3.05) is 21.1 Å². The maximum Gasteiger partial charge on any atom is 0.323 e. The van der Waals surface area contributed by atoms with Crippen molar-refractivity contribution >= 4 is 38.8 Å². The Labute approximate surface area is 168 Å². The third kappa shape index (κ3) is 4.82. The fourth-order valence-corrected chi connectivity index (χ4v) is 3.59. The van der Waals surface area contributed by atoms with Gasteiger partial charge in [0.25, 0.3) is 10.0 Å². The molecule has 0 spiro atoms. The highest BCUT2D eigenvalue weighted by atomic mass is 32.2. The molecule has 3 rings (SSSR count). The van der Waals surface area contributed by atoms with E-state index in [0.29, 0.717) is 11.4 Å². The van der Waals surface area contributed by atoms with Crippen LogP contribution in [0.25, 0.3) is 0 Å². The van der Waals surface area contributed by atoms with Gasteiger partial charge in [0, 0.05) is 0 Å². The van der Waals surface area contributed by atoms with Crippen LogP contribution in [-0.2, 0) is 10.0 Å². The Kier molecular flexibility index (Phi) is 5.66. The van der Waals surface area contributed by atoms with E-state index in [1.54, 1.807) is 42.5 Å². The molecule has 2 amide bonds. The van der Waals surface area contributed by atoms with E-state index in [2.05, 4.69) is 15.4 Å². The van der Waals surface area contributed by atoms with Gasteiger partial charge in [-0.25, -0.2) is 13.2 Å². The predicted molar refractivity (Wildman–Crippen MR) is 112 cm³/mol. The molecule has 0 aliphatic heterocycles. The van der Waals surface area contributed by atoms with Crippen LogP contribution >= 0.6 is 0 Å². The number of hydrogen-bond acceptors (Lipinski definition) is 5. The molecule has 0 saturated carbocycles. The van der Waals surface area contributed by atoms with Gasteiger partial charge in [-0.1, -0.05) is 30.3 Å². The van der Waals surface area contributed by atoms with Gasteiger partial charge in [0.1, 0.15) is 0 Å². The molecule has 5 N–H and O–H groups in total. The summed E-state index contributed by atoms with van der Waals surface area (Å²) in [6.07, 6.45) is 0. The lowest BCUT2D eigenvalue weighted by Crippen LogP contribution is -2.22. The highest BCUT2D eigenvalue weighted by Crippen LogP contribution is 2.27. The van der Waals surface area contributed by atoms with E-state index < -0.39 is 16.1 Å². The average Bonchev–Trinajstić information content (AvgIpc) is 2.71. The van der Waals surface area contributed by atoms with Crippen LogP contribution in [0.1, 0.15) is 5.56 Å². The normalized spacial score (nSPS) is 10.6. The number of sulfonamides is 1. The Morgan fingerprint density at radius 1 is 0.862 bits per heavy atom. The number of nitrogens with one attached hydrogen (secondary N) is 3. The highest BCUT2D eigenvalue weighted by molar-refractivity contribution is 7.92.